The molecule has 0 saturated heterocycles. The molecule has 1 fully saturated rings. The minimum Gasteiger partial charge on any atom is -0.485 e. The van der Waals surface area contributed by atoms with Crippen LogP contribution in [0.4, 0.5) is 0 Å². The van der Waals surface area contributed by atoms with Crippen molar-refractivity contribution in [2.24, 2.45) is 5.92 Å². The fourth-order valence-electron chi connectivity index (χ4n) is 4.63. The molecule has 0 radical (unpaired) electrons. The fraction of sp³-hybridized carbons (Fsp3) is 0.233. The highest BCUT2D eigenvalue weighted by Gasteiger charge is 2.53. The number of carbonyl (C=O) groups excluding carboxylic acids is 2. The average Bonchev–Trinajstić information content (AvgIpc) is 3.20. The summed E-state index contributed by atoms with van der Waals surface area (Å²) in [6.45, 7) is -0.201. The first-order valence-electron chi connectivity index (χ1n) is 12.0. The SMILES string of the molecule is O=C(O)CC1(OC(=O)c2cccc(-c3ccccc3)c2)C(O)CCC1C=CC(=O)COc1ccccc1. The predicted octanol–water partition coefficient (Wildman–Crippen LogP) is 4.70. The average molecular weight is 501 g/mol. The number of carbonyl (C=O) groups is 3. The lowest BCUT2D eigenvalue weighted by atomic mass is 9.85. The Kier molecular flexibility index (Phi) is 8.15. The molecule has 0 spiro atoms. The van der Waals surface area contributed by atoms with Gasteiger partial charge in [0.25, 0.3) is 0 Å². The number of aliphatic hydroxyl groups excluding tert-OH is 1. The molecule has 0 amide bonds. The van der Waals surface area contributed by atoms with Crippen molar-refractivity contribution >= 4 is 17.7 Å². The number of para-hydroxylation sites is 1. The van der Waals surface area contributed by atoms with Crippen LogP contribution in [-0.4, -0.2) is 46.2 Å². The van der Waals surface area contributed by atoms with E-state index < -0.39 is 36.0 Å². The lowest BCUT2D eigenvalue weighted by Gasteiger charge is -2.35. The van der Waals surface area contributed by atoms with Gasteiger partial charge in [-0.05, 0) is 54.3 Å². The van der Waals surface area contributed by atoms with Gasteiger partial charge < -0.3 is 19.7 Å². The van der Waals surface area contributed by atoms with Crippen LogP contribution in [0.25, 0.3) is 11.1 Å². The zero-order valence-corrected chi connectivity index (χ0v) is 20.2. The van der Waals surface area contributed by atoms with Crippen LogP contribution >= 0.6 is 0 Å². The van der Waals surface area contributed by atoms with Gasteiger partial charge in [-0.3, -0.25) is 9.59 Å². The van der Waals surface area contributed by atoms with Gasteiger partial charge in [-0.25, -0.2) is 4.79 Å². The lowest BCUT2D eigenvalue weighted by Crippen LogP contribution is -2.48. The Morgan fingerprint density at radius 2 is 1.57 bits per heavy atom. The van der Waals surface area contributed by atoms with Gasteiger partial charge in [0, 0.05) is 5.92 Å². The molecule has 3 aromatic carbocycles. The number of hydrogen-bond donors (Lipinski definition) is 2. The highest BCUT2D eigenvalue weighted by Crippen LogP contribution is 2.43. The van der Waals surface area contributed by atoms with Gasteiger partial charge in [-0.1, -0.05) is 66.7 Å². The maximum absolute atomic E-state index is 13.2. The van der Waals surface area contributed by atoms with E-state index in [1.165, 1.54) is 12.2 Å². The van der Waals surface area contributed by atoms with Crippen LogP contribution in [0.3, 0.4) is 0 Å². The first-order chi connectivity index (χ1) is 17.9. The van der Waals surface area contributed by atoms with E-state index in [2.05, 4.69) is 0 Å². The number of carboxylic acid groups (broad SMARTS) is 1. The maximum Gasteiger partial charge on any atom is 0.338 e. The van der Waals surface area contributed by atoms with Crippen molar-refractivity contribution in [3.63, 3.8) is 0 Å². The number of aliphatic carboxylic acids is 1. The van der Waals surface area contributed by atoms with Crippen LogP contribution in [0.5, 0.6) is 5.75 Å². The van der Waals surface area contributed by atoms with Gasteiger partial charge in [-0.2, -0.15) is 0 Å². The standard InChI is InChI=1S/C30H28O7/c31-25(20-36-26-12-5-2-6-13-26)16-14-24-15-17-27(32)30(24,19-28(33)34)37-29(35)23-11-7-10-22(18-23)21-8-3-1-4-9-21/h1-14,16,18,24,27,32H,15,17,19-20H2,(H,33,34). The Balaban J connectivity index is 1.53. The molecule has 37 heavy (non-hydrogen) atoms. The molecular formula is C30H28O7. The molecule has 0 aromatic heterocycles. The van der Waals surface area contributed by atoms with Crippen molar-refractivity contribution in [3.8, 4) is 16.9 Å². The van der Waals surface area contributed by atoms with E-state index >= 15 is 0 Å². The first-order valence-corrected chi connectivity index (χ1v) is 12.0. The summed E-state index contributed by atoms with van der Waals surface area (Å²) in [5.74, 6) is -2.41. The summed E-state index contributed by atoms with van der Waals surface area (Å²) in [5.41, 5.74) is 0.244. The Labute approximate surface area is 215 Å². The van der Waals surface area contributed by atoms with E-state index in [1.54, 1.807) is 42.5 Å². The van der Waals surface area contributed by atoms with Gasteiger partial charge in [0.2, 0.25) is 0 Å². The smallest absolute Gasteiger partial charge is 0.338 e. The second-order valence-corrected chi connectivity index (χ2v) is 8.99. The largest absolute Gasteiger partial charge is 0.485 e. The topological polar surface area (TPSA) is 110 Å². The Hall–Kier alpha value is -4.23. The van der Waals surface area contributed by atoms with Crippen molar-refractivity contribution in [1.82, 2.24) is 0 Å². The minimum atomic E-state index is -1.71. The van der Waals surface area contributed by atoms with E-state index in [9.17, 15) is 24.6 Å². The molecule has 7 heteroatoms. The summed E-state index contributed by atoms with van der Waals surface area (Å²) < 4.78 is 11.3. The van der Waals surface area contributed by atoms with E-state index in [0.717, 1.165) is 11.1 Å². The number of benzene rings is 3. The first kappa shape index (κ1) is 25.9. The highest BCUT2D eigenvalue weighted by molar-refractivity contribution is 5.92. The lowest BCUT2D eigenvalue weighted by molar-refractivity contribution is -0.150. The zero-order valence-electron chi connectivity index (χ0n) is 20.2. The molecule has 1 aliphatic rings. The maximum atomic E-state index is 13.2. The van der Waals surface area contributed by atoms with Crippen LogP contribution in [-0.2, 0) is 14.3 Å². The molecule has 1 aliphatic carbocycles. The van der Waals surface area contributed by atoms with Crippen molar-refractivity contribution in [1.29, 1.82) is 0 Å². The normalized spacial score (nSPS) is 21.0. The predicted molar refractivity (Wildman–Crippen MR) is 137 cm³/mol. The molecule has 3 unspecified atom stereocenters. The Bertz CT molecular complexity index is 1270. The van der Waals surface area contributed by atoms with E-state index in [4.69, 9.17) is 9.47 Å². The zero-order chi connectivity index (χ0) is 26.3. The molecule has 0 bridgehead atoms. The van der Waals surface area contributed by atoms with Crippen molar-refractivity contribution in [2.75, 3.05) is 6.61 Å². The molecule has 0 aliphatic heterocycles. The highest BCUT2D eigenvalue weighted by atomic mass is 16.6. The van der Waals surface area contributed by atoms with Gasteiger partial charge >= 0.3 is 11.9 Å². The summed E-state index contributed by atoms with van der Waals surface area (Å²) in [7, 11) is 0. The minimum absolute atomic E-state index is 0.201. The van der Waals surface area contributed by atoms with Crippen molar-refractivity contribution in [3.05, 3.63) is 103 Å². The van der Waals surface area contributed by atoms with E-state index in [0.29, 0.717) is 12.2 Å². The molecule has 3 atom stereocenters. The summed E-state index contributed by atoms with van der Waals surface area (Å²) in [4.78, 5) is 37.4. The van der Waals surface area contributed by atoms with Gasteiger partial charge in [-0.15, -0.1) is 0 Å². The third-order valence-corrected chi connectivity index (χ3v) is 6.50. The van der Waals surface area contributed by atoms with Crippen LogP contribution in [0.15, 0.2) is 97.1 Å². The number of esters is 1. The molecule has 4 rings (SSSR count). The number of ketones is 1. The molecular weight excluding hydrogens is 472 g/mol. The number of ether oxygens (including phenoxy) is 2. The van der Waals surface area contributed by atoms with Gasteiger partial charge in [0.15, 0.2) is 18.0 Å². The fourth-order valence-corrected chi connectivity index (χ4v) is 4.63. The van der Waals surface area contributed by atoms with E-state index in [1.807, 2.05) is 42.5 Å². The molecule has 2 N–H and O–H groups in total. The number of hydrogen-bond acceptors (Lipinski definition) is 6. The Morgan fingerprint density at radius 1 is 0.892 bits per heavy atom. The third-order valence-electron chi connectivity index (χ3n) is 6.50. The molecule has 190 valence electrons. The number of aliphatic hydroxyl groups is 1. The molecule has 7 nitrogen and oxygen atoms in total. The molecule has 1 saturated carbocycles. The molecule has 3 aromatic rings. The summed E-state index contributed by atoms with van der Waals surface area (Å²) in [6.07, 6.45) is 1.61. The van der Waals surface area contributed by atoms with Crippen molar-refractivity contribution < 1.29 is 34.1 Å². The third kappa shape index (κ3) is 6.32. The van der Waals surface area contributed by atoms with Gasteiger partial charge in [0.1, 0.15) is 5.75 Å². The molecule has 0 heterocycles. The second-order valence-electron chi connectivity index (χ2n) is 8.99. The monoisotopic (exact) mass is 500 g/mol. The second kappa shape index (κ2) is 11.7. The summed E-state index contributed by atoms with van der Waals surface area (Å²) in [5, 5.41) is 20.4. The Morgan fingerprint density at radius 3 is 2.27 bits per heavy atom. The number of carboxylic acids is 1. The van der Waals surface area contributed by atoms with Crippen LogP contribution < -0.4 is 4.74 Å². The van der Waals surface area contributed by atoms with Crippen LogP contribution in [0, 0.1) is 5.92 Å². The van der Waals surface area contributed by atoms with Gasteiger partial charge in [0.05, 0.1) is 18.1 Å². The van der Waals surface area contributed by atoms with Crippen LogP contribution in [0.2, 0.25) is 0 Å². The van der Waals surface area contributed by atoms with E-state index in [-0.39, 0.29) is 24.4 Å². The summed E-state index contributed by atoms with van der Waals surface area (Å²) in [6, 6.07) is 25.2. The van der Waals surface area contributed by atoms with Crippen molar-refractivity contribution in [2.45, 2.75) is 31.0 Å². The van der Waals surface area contributed by atoms with Crippen LogP contribution in [0.1, 0.15) is 29.6 Å². The summed E-state index contributed by atoms with van der Waals surface area (Å²) >= 11 is 0. The number of rotatable bonds is 10. The quantitative estimate of drug-likeness (QED) is 0.307.